The van der Waals surface area contributed by atoms with E-state index in [1.807, 2.05) is 84.9 Å². The van der Waals surface area contributed by atoms with Crippen molar-refractivity contribution in [3.05, 3.63) is 155 Å². The highest BCUT2D eigenvalue weighted by molar-refractivity contribution is 5.91. The second-order valence-corrected chi connectivity index (χ2v) is 13.9. The molecule has 5 rings (SSSR count). The van der Waals surface area contributed by atoms with Gasteiger partial charge in [0.05, 0.1) is 19.8 Å². The lowest BCUT2D eigenvalue weighted by atomic mass is 9.80. The summed E-state index contributed by atoms with van der Waals surface area (Å²) in [7, 11) is 0. The van der Waals surface area contributed by atoms with Crippen molar-refractivity contribution >= 4 is 5.97 Å². The van der Waals surface area contributed by atoms with E-state index in [2.05, 4.69) is 70.2 Å². The highest BCUT2D eigenvalue weighted by Crippen LogP contribution is 2.43. The van der Waals surface area contributed by atoms with Crippen molar-refractivity contribution in [3.8, 4) is 0 Å². The molecule has 1 heterocycles. The predicted octanol–water partition coefficient (Wildman–Crippen LogP) is 9.92. The maximum absolute atomic E-state index is 13.6. The van der Waals surface area contributed by atoms with Crippen LogP contribution in [0.5, 0.6) is 0 Å². The van der Waals surface area contributed by atoms with Gasteiger partial charge in [-0.1, -0.05) is 155 Å². The Morgan fingerprint density at radius 1 is 0.702 bits per heavy atom. The first-order chi connectivity index (χ1) is 22.8. The van der Waals surface area contributed by atoms with E-state index < -0.39 is 11.2 Å². The van der Waals surface area contributed by atoms with Crippen LogP contribution >= 0.6 is 0 Å². The smallest absolute Gasteiger partial charge is 0.334 e. The van der Waals surface area contributed by atoms with E-state index in [-0.39, 0.29) is 19.2 Å². The van der Waals surface area contributed by atoms with Crippen molar-refractivity contribution < 1.29 is 19.0 Å². The fraction of sp³-hybridized carbons (Fsp3) is 0.372. The molecule has 4 heteroatoms. The third-order valence-electron chi connectivity index (χ3n) is 8.96. The highest BCUT2D eigenvalue weighted by Gasteiger charge is 2.48. The Balaban J connectivity index is 1.49. The normalized spacial score (nSPS) is 17.6. The molecular weight excluding hydrogens is 580 g/mol. The van der Waals surface area contributed by atoms with E-state index in [1.165, 1.54) is 0 Å². The van der Waals surface area contributed by atoms with Gasteiger partial charge in [0.2, 0.25) is 0 Å². The lowest BCUT2D eigenvalue weighted by Crippen LogP contribution is -2.44. The van der Waals surface area contributed by atoms with Gasteiger partial charge in [-0.15, -0.1) is 0 Å². The Labute approximate surface area is 281 Å². The summed E-state index contributed by atoms with van der Waals surface area (Å²) in [5.41, 5.74) is 2.89. The third-order valence-corrected chi connectivity index (χ3v) is 8.96. The van der Waals surface area contributed by atoms with Gasteiger partial charge in [-0.25, -0.2) is 4.79 Å². The Morgan fingerprint density at radius 3 is 1.64 bits per heavy atom. The van der Waals surface area contributed by atoms with Crippen molar-refractivity contribution in [2.45, 2.75) is 71.2 Å². The van der Waals surface area contributed by atoms with E-state index in [1.54, 1.807) is 0 Å². The average molecular weight is 631 g/mol. The first-order valence-electron chi connectivity index (χ1n) is 17.1. The van der Waals surface area contributed by atoms with Crippen molar-refractivity contribution in [2.24, 2.45) is 17.8 Å². The summed E-state index contributed by atoms with van der Waals surface area (Å²) in [5.74, 6) is 1.47. The first-order valence-corrected chi connectivity index (χ1v) is 17.1. The van der Waals surface area contributed by atoms with Gasteiger partial charge < -0.3 is 14.2 Å². The fourth-order valence-corrected chi connectivity index (χ4v) is 6.94. The quantitative estimate of drug-likeness (QED) is 0.0702. The molecule has 0 amide bonds. The zero-order valence-corrected chi connectivity index (χ0v) is 28.4. The van der Waals surface area contributed by atoms with Crippen LogP contribution in [0.15, 0.2) is 133 Å². The topological polar surface area (TPSA) is 44.8 Å². The molecule has 0 bridgehead atoms. The molecule has 0 unspecified atom stereocenters. The molecular formula is C43H50O4. The summed E-state index contributed by atoms with van der Waals surface area (Å²) >= 11 is 0. The van der Waals surface area contributed by atoms with E-state index in [4.69, 9.17) is 14.2 Å². The van der Waals surface area contributed by atoms with Crippen LogP contribution in [0.4, 0.5) is 0 Å². The minimum atomic E-state index is -0.979. The van der Waals surface area contributed by atoms with Gasteiger partial charge in [0.15, 0.2) is 5.60 Å². The van der Waals surface area contributed by atoms with Crippen LogP contribution in [0, 0.1) is 17.8 Å². The van der Waals surface area contributed by atoms with Crippen LogP contribution in [0.2, 0.25) is 0 Å². The lowest BCUT2D eigenvalue weighted by Gasteiger charge is -2.39. The molecule has 4 aromatic rings. The van der Waals surface area contributed by atoms with E-state index in [0.717, 1.165) is 47.1 Å². The van der Waals surface area contributed by atoms with E-state index >= 15 is 0 Å². The number of hydrogen-bond donors (Lipinski definition) is 0. The summed E-state index contributed by atoms with van der Waals surface area (Å²) in [6, 6.07) is 41.0. The molecule has 1 aliphatic heterocycles. The summed E-state index contributed by atoms with van der Waals surface area (Å²) < 4.78 is 19.9. The predicted molar refractivity (Wildman–Crippen MR) is 190 cm³/mol. The molecule has 0 aromatic heterocycles. The number of carbonyl (C=O) groups excluding carboxylic acids is 1. The Bertz CT molecular complexity index is 1440. The van der Waals surface area contributed by atoms with Gasteiger partial charge in [0, 0.05) is 12.0 Å². The average Bonchev–Trinajstić information content (AvgIpc) is 3.40. The molecule has 0 spiro atoms. The standard InChI is InChI=1S/C43H50O4/c1-33(2)27-36(28-34(3)4)25-26-37-29-42(47-41(37)44,31-45-30-35-17-9-5-10-18-35)32-46-43(38-19-11-6-12-20-38,39-21-13-7-14-22-39)40-23-15-8-16-24-40/h5-24,26,33-34,36H,25,27-32H2,1-4H3/b37-26-/t42-/m1/s1. The Morgan fingerprint density at radius 2 is 1.17 bits per heavy atom. The maximum Gasteiger partial charge on any atom is 0.334 e. The Kier molecular flexibility index (Phi) is 11.8. The van der Waals surface area contributed by atoms with Crippen LogP contribution in [0.3, 0.4) is 0 Å². The summed E-state index contributed by atoms with van der Waals surface area (Å²) in [5, 5.41) is 0. The van der Waals surface area contributed by atoms with E-state index in [0.29, 0.717) is 30.8 Å². The second kappa shape index (κ2) is 16.2. The number of carbonyl (C=O) groups is 1. The molecule has 4 nitrogen and oxygen atoms in total. The number of hydrogen-bond acceptors (Lipinski definition) is 4. The first kappa shape index (κ1) is 34.3. The molecule has 1 atom stereocenters. The van der Waals surface area contributed by atoms with Crippen molar-refractivity contribution in [2.75, 3.05) is 13.2 Å². The van der Waals surface area contributed by atoms with Crippen LogP contribution < -0.4 is 0 Å². The molecule has 0 N–H and O–H groups in total. The van der Waals surface area contributed by atoms with Gasteiger partial charge in [-0.3, -0.25) is 0 Å². The summed E-state index contributed by atoms with van der Waals surface area (Å²) in [6.07, 6.45) is 5.71. The number of ether oxygens (including phenoxy) is 3. The fourth-order valence-electron chi connectivity index (χ4n) is 6.94. The molecule has 0 saturated carbocycles. The van der Waals surface area contributed by atoms with Crippen LogP contribution in [-0.2, 0) is 31.2 Å². The number of benzene rings is 4. The van der Waals surface area contributed by atoms with Crippen molar-refractivity contribution in [3.63, 3.8) is 0 Å². The summed E-state index contributed by atoms with van der Waals surface area (Å²) in [4.78, 5) is 13.6. The minimum Gasteiger partial charge on any atom is -0.450 e. The lowest BCUT2D eigenvalue weighted by molar-refractivity contribution is -0.167. The van der Waals surface area contributed by atoms with Crippen LogP contribution in [0.1, 0.15) is 75.6 Å². The SMILES string of the molecule is CC(C)CC(C/C=C1/C[C@@](COCc2ccccc2)(COC(c2ccccc2)(c2ccccc2)c2ccccc2)OC1=O)CC(C)C. The molecule has 246 valence electrons. The van der Waals surface area contributed by atoms with Gasteiger partial charge in [0.1, 0.15) is 5.60 Å². The van der Waals surface area contributed by atoms with Gasteiger partial charge in [-0.2, -0.15) is 0 Å². The number of rotatable bonds is 16. The molecule has 1 fully saturated rings. The molecule has 1 saturated heterocycles. The Hall–Kier alpha value is -3.99. The van der Waals surface area contributed by atoms with Crippen molar-refractivity contribution in [1.29, 1.82) is 0 Å². The van der Waals surface area contributed by atoms with Crippen LogP contribution in [0.25, 0.3) is 0 Å². The van der Waals surface area contributed by atoms with Crippen molar-refractivity contribution in [1.82, 2.24) is 0 Å². The van der Waals surface area contributed by atoms with Gasteiger partial charge in [-0.05, 0) is 59.3 Å². The zero-order chi connectivity index (χ0) is 33.1. The monoisotopic (exact) mass is 630 g/mol. The second-order valence-electron chi connectivity index (χ2n) is 13.9. The molecule has 4 aromatic carbocycles. The van der Waals surface area contributed by atoms with Crippen LogP contribution in [-0.4, -0.2) is 24.8 Å². The third kappa shape index (κ3) is 8.88. The number of esters is 1. The molecule has 0 aliphatic carbocycles. The zero-order valence-electron chi connectivity index (χ0n) is 28.4. The van der Waals surface area contributed by atoms with Gasteiger partial charge in [0.25, 0.3) is 0 Å². The maximum atomic E-state index is 13.6. The summed E-state index contributed by atoms with van der Waals surface area (Å²) in [6.45, 7) is 9.89. The number of allylic oxidation sites excluding steroid dienone is 1. The van der Waals surface area contributed by atoms with E-state index in [9.17, 15) is 4.79 Å². The molecule has 47 heavy (non-hydrogen) atoms. The van der Waals surface area contributed by atoms with Gasteiger partial charge >= 0.3 is 5.97 Å². The highest BCUT2D eigenvalue weighted by atomic mass is 16.6. The number of cyclic esters (lactones) is 1. The minimum absolute atomic E-state index is 0.158. The molecule has 0 radical (unpaired) electrons. The molecule has 1 aliphatic rings. The largest absolute Gasteiger partial charge is 0.450 e.